The van der Waals surface area contributed by atoms with Crippen LogP contribution in [0.4, 0.5) is 5.82 Å². The first-order chi connectivity index (χ1) is 10.7. The number of anilines is 1. The monoisotopic (exact) mass is 302 g/mol. The lowest BCUT2D eigenvalue weighted by atomic mass is 9.81. The Labute approximate surface area is 130 Å². The number of fused-ring (bicyclic) bond motifs is 1. The van der Waals surface area contributed by atoms with Gasteiger partial charge in [0.05, 0.1) is 18.9 Å². The van der Waals surface area contributed by atoms with Gasteiger partial charge in [0.25, 0.3) is 0 Å². The Bertz CT molecular complexity index is 572. The second-order valence-corrected chi connectivity index (χ2v) is 6.98. The van der Waals surface area contributed by atoms with Crippen molar-refractivity contribution in [3.05, 3.63) is 17.8 Å². The molecule has 118 valence electrons. The zero-order valence-corrected chi connectivity index (χ0v) is 12.9. The number of rotatable bonds is 4. The number of hydrogen-bond donors (Lipinski definition) is 1. The highest BCUT2D eigenvalue weighted by molar-refractivity contribution is 5.80. The molecule has 2 aliphatic heterocycles. The average Bonchev–Trinajstić information content (AvgIpc) is 3.20. The number of aromatic nitrogens is 2. The van der Waals surface area contributed by atoms with E-state index in [2.05, 4.69) is 20.4 Å². The van der Waals surface area contributed by atoms with Crippen molar-refractivity contribution in [3.63, 3.8) is 0 Å². The van der Waals surface area contributed by atoms with Gasteiger partial charge < -0.3 is 15.0 Å². The summed E-state index contributed by atoms with van der Waals surface area (Å²) in [6.07, 6.45) is 2.09. The van der Waals surface area contributed by atoms with Gasteiger partial charge in [0.2, 0.25) is 5.91 Å². The normalized spacial score (nSPS) is 30.4. The Morgan fingerprint density at radius 2 is 2.32 bits per heavy atom. The number of hydrogen-bond acceptors (Lipinski definition) is 5. The number of amides is 1. The lowest BCUT2D eigenvalue weighted by Crippen LogP contribution is -2.43. The van der Waals surface area contributed by atoms with E-state index >= 15 is 0 Å². The highest BCUT2D eigenvalue weighted by Crippen LogP contribution is 2.42. The number of ether oxygens (including phenoxy) is 1. The van der Waals surface area contributed by atoms with E-state index in [9.17, 15) is 4.79 Å². The molecular weight excluding hydrogens is 280 g/mol. The number of aryl methyl sites for hydroxylation is 1. The summed E-state index contributed by atoms with van der Waals surface area (Å²) in [6, 6.07) is 4.02. The van der Waals surface area contributed by atoms with Crippen LogP contribution in [-0.4, -0.2) is 49.0 Å². The summed E-state index contributed by atoms with van der Waals surface area (Å²) in [5, 5.41) is 11.6. The zero-order valence-electron chi connectivity index (χ0n) is 12.9. The summed E-state index contributed by atoms with van der Waals surface area (Å²) in [5.41, 5.74) is 0.954. The van der Waals surface area contributed by atoms with Gasteiger partial charge in [0, 0.05) is 36.9 Å². The first kappa shape index (κ1) is 13.9. The summed E-state index contributed by atoms with van der Waals surface area (Å²) < 4.78 is 5.71. The van der Waals surface area contributed by atoms with Gasteiger partial charge in [-0.15, -0.1) is 5.10 Å². The van der Waals surface area contributed by atoms with Gasteiger partial charge in [-0.3, -0.25) is 4.79 Å². The smallest absolute Gasteiger partial charge is 0.223 e. The van der Waals surface area contributed by atoms with E-state index in [1.54, 1.807) is 0 Å². The van der Waals surface area contributed by atoms with E-state index in [1.165, 1.54) is 0 Å². The minimum atomic E-state index is 0.0249. The molecule has 0 aromatic carbocycles. The molecule has 1 saturated carbocycles. The zero-order chi connectivity index (χ0) is 15.2. The summed E-state index contributed by atoms with van der Waals surface area (Å²) in [7, 11) is 0. The largest absolute Gasteiger partial charge is 0.380 e. The fourth-order valence-corrected chi connectivity index (χ4v) is 3.57. The fraction of sp³-hybridized carbons (Fsp3) is 0.688. The van der Waals surface area contributed by atoms with Gasteiger partial charge in [-0.05, 0) is 31.9 Å². The summed E-state index contributed by atoms with van der Waals surface area (Å²) in [5.74, 6) is 1.86. The standard InChI is InChI=1S/C16H22N4O2/c1-11-2-5-14(19-18-11)20-6-13-7-22-10-16(13,9-20)8-17-15(21)12-3-4-12/h2,5,12-13H,3-4,6-10H2,1H3,(H,17,21)/t13-,16+/m1/s1. The maximum Gasteiger partial charge on any atom is 0.223 e. The van der Waals surface area contributed by atoms with Crippen LogP contribution in [0.2, 0.25) is 0 Å². The molecule has 1 N–H and O–H groups in total. The molecule has 2 atom stereocenters. The fourth-order valence-electron chi connectivity index (χ4n) is 3.57. The quantitative estimate of drug-likeness (QED) is 0.889. The SMILES string of the molecule is Cc1ccc(N2C[C@@H]3COC[C@]3(CNC(=O)C3CC3)C2)nn1. The van der Waals surface area contributed by atoms with E-state index in [0.29, 0.717) is 12.5 Å². The third kappa shape index (κ3) is 2.45. The van der Waals surface area contributed by atoms with Crippen LogP contribution in [-0.2, 0) is 9.53 Å². The van der Waals surface area contributed by atoms with Crippen molar-refractivity contribution in [1.29, 1.82) is 0 Å². The molecule has 3 heterocycles. The Morgan fingerprint density at radius 1 is 1.45 bits per heavy atom. The van der Waals surface area contributed by atoms with Crippen LogP contribution in [0.3, 0.4) is 0 Å². The van der Waals surface area contributed by atoms with Crippen LogP contribution >= 0.6 is 0 Å². The third-order valence-corrected chi connectivity index (χ3v) is 5.19. The molecule has 0 unspecified atom stereocenters. The second kappa shape index (κ2) is 5.19. The number of carbonyl (C=O) groups excluding carboxylic acids is 1. The van der Waals surface area contributed by atoms with E-state index < -0.39 is 0 Å². The van der Waals surface area contributed by atoms with Crippen LogP contribution in [0.5, 0.6) is 0 Å². The van der Waals surface area contributed by atoms with Crippen molar-refractivity contribution in [2.24, 2.45) is 17.3 Å². The van der Waals surface area contributed by atoms with Gasteiger partial charge in [-0.2, -0.15) is 5.10 Å². The Hall–Kier alpha value is -1.69. The lowest BCUT2D eigenvalue weighted by molar-refractivity contribution is -0.122. The molecule has 3 fully saturated rings. The molecule has 3 aliphatic rings. The van der Waals surface area contributed by atoms with Gasteiger partial charge in [0.15, 0.2) is 5.82 Å². The Morgan fingerprint density at radius 3 is 3.05 bits per heavy atom. The predicted octanol–water partition coefficient (Wildman–Crippen LogP) is 0.764. The first-order valence-corrected chi connectivity index (χ1v) is 8.07. The van der Waals surface area contributed by atoms with E-state index in [-0.39, 0.29) is 17.2 Å². The Balaban J connectivity index is 1.46. The van der Waals surface area contributed by atoms with Gasteiger partial charge >= 0.3 is 0 Å². The topological polar surface area (TPSA) is 67.3 Å². The molecular formula is C16H22N4O2. The summed E-state index contributed by atoms with van der Waals surface area (Å²) in [4.78, 5) is 14.2. The first-order valence-electron chi connectivity index (χ1n) is 8.07. The maximum atomic E-state index is 11.9. The average molecular weight is 302 g/mol. The molecule has 22 heavy (non-hydrogen) atoms. The van der Waals surface area contributed by atoms with Crippen molar-refractivity contribution in [3.8, 4) is 0 Å². The molecule has 1 aliphatic carbocycles. The van der Waals surface area contributed by atoms with Gasteiger partial charge in [-0.1, -0.05) is 0 Å². The molecule has 0 bridgehead atoms. The van der Waals surface area contributed by atoms with E-state index in [1.807, 2.05) is 19.1 Å². The van der Waals surface area contributed by atoms with Gasteiger partial charge in [-0.25, -0.2) is 0 Å². The van der Waals surface area contributed by atoms with Crippen LogP contribution < -0.4 is 10.2 Å². The third-order valence-electron chi connectivity index (χ3n) is 5.19. The van der Waals surface area contributed by atoms with Crippen molar-refractivity contribution < 1.29 is 9.53 Å². The minimum Gasteiger partial charge on any atom is -0.380 e. The lowest BCUT2D eigenvalue weighted by Gasteiger charge is -2.27. The molecule has 2 saturated heterocycles. The van der Waals surface area contributed by atoms with Crippen LogP contribution in [0.1, 0.15) is 18.5 Å². The molecule has 1 amide bonds. The van der Waals surface area contributed by atoms with Gasteiger partial charge in [0.1, 0.15) is 0 Å². The highest BCUT2D eigenvalue weighted by Gasteiger charge is 2.51. The maximum absolute atomic E-state index is 11.9. The van der Waals surface area contributed by atoms with Crippen molar-refractivity contribution >= 4 is 11.7 Å². The molecule has 1 aromatic rings. The van der Waals surface area contributed by atoms with Crippen LogP contribution in [0.25, 0.3) is 0 Å². The number of carbonyl (C=O) groups is 1. The molecule has 6 heteroatoms. The summed E-state index contributed by atoms with van der Waals surface area (Å²) in [6.45, 7) is 5.95. The van der Waals surface area contributed by atoms with Crippen molar-refractivity contribution in [2.45, 2.75) is 19.8 Å². The molecule has 0 radical (unpaired) electrons. The molecule has 0 spiro atoms. The molecule has 1 aromatic heterocycles. The van der Waals surface area contributed by atoms with Crippen molar-refractivity contribution in [2.75, 3.05) is 37.7 Å². The predicted molar refractivity (Wildman–Crippen MR) is 81.5 cm³/mol. The Kier molecular flexibility index (Phi) is 3.29. The molecule has 6 nitrogen and oxygen atoms in total. The van der Waals surface area contributed by atoms with Crippen LogP contribution in [0.15, 0.2) is 12.1 Å². The second-order valence-electron chi connectivity index (χ2n) is 6.98. The number of nitrogens with one attached hydrogen (secondary N) is 1. The molecule has 4 rings (SSSR count). The minimum absolute atomic E-state index is 0.0249. The van der Waals surface area contributed by atoms with E-state index in [4.69, 9.17) is 4.74 Å². The van der Waals surface area contributed by atoms with Crippen LogP contribution in [0, 0.1) is 24.2 Å². The highest BCUT2D eigenvalue weighted by atomic mass is 16.5. The number of nitrogens with zero attached hydrogens (tertiary/aromatic N) is 3. The van der Waals surface area contributed by atoms with E-state index in [0.717, 1.165) is 50.7 Å². The summed E-state index contributed by atoms with van der Waals surface area (Å²) >= 11 is 0. The van der Waals surface area contributed by atoms with Crippen molar-refractivity contribution in [1.82, 2.24) is 15.5 Å².